The van der Waals surface area contributed by atoms with Gasteiger partial charge in [-0.3, -0.25) is 4.79 Å². The van der Waals surface area contributed by atoms with Crippen LogP contribution < -0.4 is 5.32 Å². The summed E-state index contributed by atoms with van der Waals surface area (Å²) in [5, 5.41) is 4.49. The fourth-order valence-electron chi connectivity index (χ4n) is 1.52. The maximum absolute atomic E-state index is 13.1. The second-order valence-corrected chi connectivity index (χ2v) is 6.41. The fraction of sp³-hybridized carbons (Fsp3) is 0.308. The van der Waals surface area contributed by atoms with Crippen molar-refractivity contribution < 1.29 is 9.18 Å². The highest BCUT2D eigenvalue weighted by Crippen LogP contribution is 2.26. The highest BCUT2D eigenvalue weighted by atomic mass is 79.9. The molecule has 0 saturated heterocycles. The molecule has 96 valence electrons. The number of thiophene rings is 1. The van der Waals surface area contributed by atoms with Crippen LogP contribution in [0.1, 0.15) is 23.5 Å². The van der Waals surface area contributed by atoms with Crippen LogP contribution in [0.25, 0.3) is 10.1 Å². The highest BCUT2D eigenvalue weighted by molar-refractivity contribution is 9.09. The van der Waals surface area contributed by atoms with Crippen molar-refractivity contribution in [2.75, 3.05) is 5.33 Å². The maximum atomic E-state index is 13.1. The summed E-state index contributed by atoms with van der Waals surface area (Å²) in [5.74, 6) is -0.404. The van der Waals surface area contributed by atoms with Crippen LogP contribution in [0.15, 0.2) is 24.3 Å². The van der Waals surface area contributed by atoms with Crippen LogP contribution in [0, 0.1) is 5.82 Å². The molecule has 2 nitrogen and oxygen atoms in total. The SMILES string of the molecule is CC(C)(CBr)NC(=O)c1cc2ccc(F)cc2s1. The van der Waals surface area contributed by atoms with Crippen molar-refractivity contribution in [3.05, 3.63) is 35.0 Å². The number of rotatable bonds is 3. The van der Waals surface area contributed by atoms with Gasteiger partial charge in [0.05, 0.1) is 4.88 Å². The van der Waals surface area contributed by atoms with Gasteiger partial charge in [0.1, 0.15) is 5.82 Å². The van der Waals surface area contributed by atoms with Crippen LogP contribution in [0.2, 0.25) is 0 Å². The topological polar surface area (TPSA) is 29.1 Å². The van der Waals surface area contributed by atoms with Gasteiger partial charge in [-0.05, 0) is 37.4 Å². The van der Waals surface area contributed by atoms with Crippen LogP contribution in [-0.2, 0) is 0 Å². The Morgan fingerprint density at radius 2 is 2.17 bits per heavy atom. The van der Waals surface area contributed by atoms with Gasteiger partial charge in [0, 0.05) is 15.6 Å². The third kappa shape index (κ3) is 2.90. The van der Waals surface area contributed by atoms with E-state index in [0.717, 1.165) is 10.1 Å². The first kappa shape index (κ1) is 13.5. The van der Waals surface area contributed by atoms with E-state index in [1.165, 1.54) is 23.5 Å². The van der Waals surface area contributed by atoms with Crippen molar-refractivity contribution in [3.8, 4) is 0 Å². The molecule has 2 rings (SSSR count). The van der Waals surface area contributed by atoms with E-state index in [-0.39, 0.29) is 17.3 Å². The van der Waals surface area contributed by atoms with Gasteiger partial charge in [0.15, 0.2) is 0 Å². The zero-order valence-electron chi connectivity index (χ0n) is 10.1. The standard InChI is InChI=1S/C13H13BrFNOS/c1-13(2,7-14)16-12(17)11-5-8-3-4-9(15)6-10(8)18-11/h3-6H,7H2,1-2H3,(H,16,17). The summed E-state index contributed by atoms with van der Waals surface area (Å²) in [5.41, 5.74) is -0.307. The number of fused-ring (bicyclic) bond motifs is 1. The van der Waals surface area contributed by atoms with Crippen molar-refractivity contribution in [2.45, 2.75) is 19.4 Å². The van der Waals surface area contributed by atoms with E-state index in [1.807, 2.05) is 13.8 Å². The normalized spacial score (nSPS) is 11.8. The smallest absolute Gasteiger partial charge is 0.261 e. The summed E-state index contributed by atoms with van der Waals surface area (Å²) < 4.78 is 13.9. The van der Waals surface area contributed by atoms with Crippen molar-refractivity contribution in [1.29, 1.82) is 0 Å². The molecular formula is C13H13BrFNOS. The average Bonchev–Trinajstić information content (AvgIpc) is 2.71. The fourth-order valence-corrected chi connectivity index (χ4v) is 2.64. The highest BCUT2D eigenvalue weighted by Gasteiger charge is 2.20. The number of halogens is 2. The Morgan fingerprint density at radius 3 is 2.83 bits per heavy atom. The molecule has 2 aromatic rings. The molecule has 0 fully saturated rings. The molecule has 1 amide bonds. The van der Waals surface area contributed by atoms with E-state index in [1.54, 1.807) is 12.1 Å². The van der Waals surface area contributed by atoms with Crippen molar-refractivity contribution in [1.82, 2.24) is 5.32 Å². The van der Waals surface area contributed by atoms with Crippen LogP contribution in [-0.4, -0.2) is 16.8 Å². The molecule has 0 atom stereocenters. The van der Waals surface area contributed by atoms with Crippen LogP contribution in [0.3, 0.4) is 0 Å². The molecule has 18 heavy (non-hydrogen) atoms. The first-order chi connectivity index (χ1) is 8.41. The second-order valence-electron chi connectivity index (χ2n) is 4.76. The second kappa shape index (κ2) is 4.97. The Hall–Kier alpha value is -0.940. The zero-order valence-corrected chi connectivity index (χ0v) is 12.5. The van der Waals surface area contributed by atoms with Gasteiger partial charge in [0.25, 0.3) is 5.91 Å². The Morgan fingerprint density at radius 1 is 1.44 bits per heavy atom. The van der Waals surface area contributed by atoms with Gasteiger partial charge in [0.2, 0.25) is 0 Å². The van der Waals surface area contributed by atoms with Crippen molar-refractivity contribution >= 4 is 43.3 Å². The van der Waals surface area contributed by atoms with Gasteiger partial charge in [-0.15, -0.1) is 11.3 Å². The molecule has 5 heteroatoms. The minimum Gasteiger partial charge on any atom is -0.346 e. The van der Waals surface area contributed by atoms with Gasteiger partial charge in [-0.2, -0.15) is 0 Å². The van der Waals surface area contributed by atoms with Gasteiger partial charge in [-0.1, -0.05) is 22.0 Å². The molecule has 0 radical (unpaired) electrons. The van der Waals surface area contributed by atoms with E-state index >= 15 is 0 Å². The summed E-state index contributed by atoms with van der Waals surface area (Å²) in [4.78, 5) is 12.7. The summed E-state index contributed by atoms with van der Waals surface area (Å²) in [6, 6.07) is 6.33. The summed E-state index contributed by atoms with van der Waals surface area (Å²) >= 11 is 4.66. The molecule has 0 aliphatic rings. The molecule has 1 aromatic carbocycles. The van der Waals surface area contributed by atoms with E-state index in [9.17, 15) is 9.18 Å². The quantitative estimate of drug-likeness (QED) is 0.849. The Balaban J connectivity index is 2.28. The molecule has 0 bridgehead atoms. The molecule has 1 heterocycles. The predicted octanol–water partition coefficient (Wildman–Crippen LogP) is 3.94. The average molecular weight is 330 g/mol. The van der Waals surface area contributed by atoms with Gasteiger partial charge < -0.3 is 5.32 Å². The molecule has 0 aliphatic carbocycles. The number of alkyl halides is 1. The predicted molar refractivity (Wildman–Crippen MR) is 77.1 cm³/mol. The van der Waals surface area contributed by atoms with Gasteiger partial charge >= 0.3 is 0 Å². The monoisotopic (exact) mass is 329 g/mol. The number of benzene rings is 1. The van der Waals surface area contributed by atoms with Crippen molar-refractivity contribution in [2.24, 2.45) is 0 Å². The van der Waals surface area contributed by atoms with E-state index in [0.29, 0.717) is 10.2 Å². The Kier molecular flexibility index (Phi) is 3.73. The minimum absolute atomic E-state index is 0.124. The molecule has 0 spiro atoms. The first-order valence-electron chi connectivity index (χ1n) is 5.49. The lowest BCUT2D eigenvalue weighted by Crippen LogP contribution is -2.44. The largest absolute Gasteiger partial charge is 0.346 e. The summed E-state index contributed by atoms with van der Waals surface area (Å²) in [6.07, 6.45) is 0. The van der Waals surface area contributed by atoms with E-state index in [2.05, 4.69) is 21.2 Å². The van der Waals surface area contributed by atoms with Gasteiger partial charge in [-0.25, -0.2) is 4.39 Å². The summed E-state index contributed by atoms with van der Waals surface area (Å²) in [7, 11) is 0. The minimum atomic E-state index is -0.307. The van der Waals surface area contributed by atoms with E-state index in [4.69, 9.17) is 0 Å². The molecule has 0 saturated carbocycles. The molecule has 0 aliphatic heterocycles. The maximum Gasteiger partial charge on any atom is 0.261 e. The number of hydrogen-bond acceptors (Lipinski definition) is 2. The summed E-state index contributed by atoms with van der Waals surface area (Å²) in [6.45, 7) is 3.87. The van der Waals surface area contributed by atoms with Crippen LogP contribution in [0.4, 0.5) is 4.39 Å². The lowest BCUT2D eigenvalue weighted by atomic mass is 10.1. The number of carbonyl (C=O) groups excluding carboxylic acids is 1. The zero-order chi connectivity index (χ0) is 13.3. The van der Waals surface area contributed by atoms with Crippen LogP contribution >= 0.6 is 27.3 Å². The number of amides is 1. The molecule has 0 unspecified atom stereocenters. The third-order valence-electron chi connectivity index (χ3n) is 2.49. The number of hydrogen-bond donors (Lipinski definition) is 1. The molecule has 1 aromatic heterocycles. The third-order valence-corrected chi connectivity index (χ3v) is 4.99. The number of carbonyl (C=O) groups is 1. The lowest BCUT2D eigenvalue weighted by molar-refractivity contribution is 0.0925. The first-order valence-corrected chi connectivity index (χ1v) is 7.43. The molecular weight excluding hydrogens is 317 g/mol. The Bertz CT molecular complexity index is 594. The lowest BCUT2D eigenvalue weighted by Gasteiger charge is -2.22. The Labute approximate surface area is 117 Å². The number of nitrogens with one attached hydrogen (secondary N) is 1. The van der Waals surface area contributed by atoms with Crippen LogP contribution in [0.5, 0.6) is 0 Å². The molecule has 1 N–H and O–H groups in total. The van der Waals surface area contributed by atoms with E-state index < -0.39 is 0 Å². The van der Waals surface area contributed by atoms with Crippen molar-refractivity contribution in [3.63, 3.8) is 0 Å².